The number of likely N-dealkylation sites (tertiary alicyclic amines) is 1. The Morgan fingerprint density at radius 2 is 2.19 bits per heavy atom. The van der Waals surface area contributed by atoms with Crippen LogP contribution in [-0.2, 0) is 11.3 Å². The van der Waals surface area contributed by atoms with Gasteiger partial charge in [-0.1, -0.05) is 22.4 Å². The molecule has 0 spiro atoms. The first-order valence-corrected chi connectivity index (χ1v) is 7.88. The molecule has 4 nitrogen and oxygen atoms in total. The molecule has 1 aromatic carbocycles. The molecule has 1 unspecified atom stereocenters. The maximum atomic E-state index is 11.7. The van der Waals surface area contributed by atoms with Crippen molar-refractivity contribution >= 4 is 33.2 Å². The van der Waals surface area contributed by atoms with Gasteiger partial charge in [-0.25, -0.2) is 4.79 Å². The van der Waals surface area contributed by atoms with Crippen LogP contribution in [0.15, 0.2) is 37.9 Å². The molecule has 0 N–H and O–H groups in total. The summed E-state index contributed by atoms with van der Waals surface area (Å²) in [5, 5.41) is 0.924. The lowest BCUT2D eigenvalue weighted by Crippen LogP contribution is -2.40. The van der Waals surface area contributed by atoms with Gasteiger partial charge in [0.15, 0.2) is 0 Å². The molecule has 5 heteroatoms. The number of halogens is 1. The summed E-state index contributed by atoms with van der Waals surface area (Å²) in [6.45, 7) is 1.49. The van der Waals surface area contributed by atoms with Crippen LogP contribution in [0, 0.1) is 0 Å². The van der Waals surface area contributed by atoms with Gasteiger partial charge in [-0.05, 0) is 43.1 Å². The van der Waals surface area contributed by atoms with E-state index in [2.05, 4.69) is 20.8 Å². The average Bonchev–Trinajstić information content (AvgIpc) is 2.47. The summed E-state index contributed by atoms with van der Waals surface area (Å²) in [4.78, 5) is 25.1. The van der Waals surface area contributed by atoms with E-state index in [9.17, 15) is 9.59 Å². The molecule has 1 aliphatic rings. The Kier molecular flexibility index (Phi) is 4.22. The van der Waals surface area contributed by atoms with Crippen LogP contribution >= 0.6 is 15.9 Å². The molecule has 0 bridgehead atoms. The quantitative estimate of drug-likeness (QED) is 0.631. The lowest BCUT2D eigenvalue weighted by Gasteiger charge is -2.32. The van der Waals surface area contributed by atoms with Gasteiger partial charge in [-0.2, -0.15) is 0 Å². The topological polar surface area (TPSA) is 50.5 Å². The summed E-state index contributed by atoms with van der Waals surface area (Å²) in [5.74, 6) is 0. The average molecular weight is 350 g/mol. The molecule has 2 heterocycles. The molecule has 1 atom stereocenters. The summed E-state index contributed by atoms with van der Waals surface area (Å²) in [5.41, 5.74) is 1.14. The Hall–Kier alpha value is -1.46. The number of benzene rings is 1. The van der Waals surface area contributed by atoms with E-state index in [1.807, 2.05) is 12.1 Å². The van der Waals surface area contributed by atoms with Gasteiger partial charge in [0, 0.05) is 22.5 Å². The molecule has 0 radical (unpaired) electrons. The van der Waals surface area contributed by atoms with Crippen LogP contribution in [-0.4, -0.2) is 23.8 Å². The number of aldehydes is 1. The zero-order valence-electron chi connectivity index (χ0n) is 11.5. The SMILES string of the molecule is O=CC1CCCCN1Cc1cc(=O)oc2cc(Br)ccc12. The molecule has 110 valence electrons. The third kappa shape index (κ3) is 3.09. The van der Waals surface area contributed by atoms with Gasteiger partial charge in [-0.3, -0.25) is 4.90 Å². The van der Waals surface area contributed by atoms with Crippen molar-refractivity contribution in [3.05, 3.63) is 44.7 Å². The molecular formula is C16H16BrNO3. The molecule has 2 aromatic rings. The minimum absolute atomic E-state index is 0.0449. The smallest absolute Gasteiger partial charge is 0.336 e. The summed E-state index contributed by atoms with van der Waals surface area (Å²) >= 11 is 3.38. The highest BCUT2D eigenvalue weighted by atomic mass is 79.9. The van der Waals surface area contributed by atoms with Crippen molar-refractivity contribution < 1.29 is 9.21 Å². The Labute approximate surface area is 130 Å². The second kappa shape index (κ2) is 6.12. The van der Waals surface area contributed by atoms with Gasteiger partial charge in [0.2, 0.25) is 0 Å². The van der Waals surface area contributed by atoms with Crippen molar-refractivity contribution in [2.75, 3.05) is 6.54 Å². The normalized spacial score (nSPS) is 19.8. The van der Waals surface area contributed by atoms with Crippen LogP contribution in [0.3, 0.4) is 0 Å². The molecular weight excluding hydrogens is 334 g/mol. The molecule has 21 heavy (non-hydrogen) atoms. The second-order valence-electron chi connectivity index (χ2n) is 5.40. The molecule has 0 aliphatic carbocycles. The van der Waals surface area contributed by atoms with Crippen LogP contribution in [0.5, 0.6) is 0 Å². The molecule has 1 saturated heterocycles. The van der Waals surface area contributed by atoms with Crippen LogP contribution in [0.25, 0.3) is 11.0 Å². The van der Waals surface area contributed by atoms with Gasteiger partial charge in [-0.15, -0.1) is 0 Å². The first-order valence-electron chi connectivity index (χ1n) is 7.09. The highest BCUT2D eigenvalue weighted by Crippen LogP contribution is 2.24. The Morgan fingerprint density at radius 1 is 1.33 bits per heavy atom. The zero-order chi connectivity index (χ0) is 14.8. The fourth-order valence-electron chi connectivity index (χ4n) is 2.92. The minimum Gasteiger partial charge on any atom is -0.423 e. The molecule has 0 saturated carbocycles. The van der Waals surface area contributed by atoms with Gasteiger partial charge < -0.3 is 9.21 Å². The fourth-order valence-corrected chi connectivity index (χ4v) is 3.26. The van der Waals surface area contributed by atoms with E-state index in [1.165, 1.54) is 6.07 Å². The van der Waals surface area contributed by atoms with E-state index in [-0.39, 0.29) is 11.7 Å². The van der Waals surface area contributed by atoms with E-state index < -0.39 is 0 Å². The van der Waals surface area contributed by atoms with Crippen LogP contribution in [0.4, 0.5) is 0 Å². The fraction of sp³-hybridized carbons (Fsp3) is 0.375. The van der Waals surface area contributed by atoms with Crippen LogP contribution in [0.2, 0.25) is 0 Å². The number of hydrogen-bond acceptors (Lipinski definition) is 4. The van der Waals surface area contributed by atoms with E-state index in [1.54, 1.807) is 6.07 Å². The van der Waals surface area contributed by atoms with Crippen molar-refractivity contribution in [1.29, 1.82) is 0 Å². The van der Waals surface area contributed by atoms with Gasteiger partial charge in [0.1, 0.15) is 11.9 Å². The Bertz CT molecular complexity index is 725. The predicted molar refractivity (Wildman–Crippen MR) is 84.3 cm³/mol. The number of carbonyl (C=O) groups is 1. The first kappa shape index (κ1) is 14.5. The van der Waals surface area contributed by atoms with E-state index in [0.29, 0.717) is 12.1 Å². The van der Waals surface area contributed by atoms with E-state index in [4.69, 9.17) is 4.42 Å². The lowest BCUT2D eigenvalue weighted by molar-refractivity contribution is -0.113. The van der Waals surface area contributed by atoms with Crippen LogP contribution < -0.4 is 5.63 Å². The van der Waals surface area contributed by atoms with Crippen molar-refractivity contribution in [2.45, 2.75) is 31.8 Å². The third-order valence-corrected chi connectivity index (χ3v) is 4.48. The Balaban J connectivity index is 1.99. The number of rotatable bonds is 3. The van der Waals surface area contributed by atoms with Gasteiger partial charge >= 0.3 is 5.63 Å². The lowest BCUT2D eigenvalue weighted by atomic mass is 10.0. The summed E-state index contributed by atoms with van der Waals surface area (Å²) in [7, 11) is 0. The molecule has 1 fully saturated rings. The molecule has 1 aliphatic heterocycles. The number of hydrogen-bond donors (Lipinski definition) is 0. The summed E-state index contributed by atoms with van der Waals surface area (Å²) < 4.78 is 6.13. The van der Waals surface area contributed by atoms with Gasteiger partial charge in [0.25, 0.3) is 0 Å². The van der Waals surface area contributed by atoms with Crippen molar-refractivity contribution in [2.24, 2.45) is 0 Å². The van der Waals surface area contributed by atoms with E-state index in [0.717, 1.165) is 47.5 Å². The third-order valence-electron chi connectivity index (χ3n) is 3.99. The highest BCUT2D eigenvalue weighted by molar-refractivity contribution is 9.10. The number of piperidine rings is 1. The number of carbonyl (C=O) groups excluding carboxylic acids is 1. The van der Waals surface area contributed by atoms with Crippen molar-refractivity contribution in [3.63, 3.8) is 0 Å². The van der Waals surface area contributed by atoms with Crippen molar-refractivity contribution in [1.82, 2.24) is 4.90 Å². The molecule has 3 rings (SSSR count). The van der Waals surface area contributed by atoms with Crippen LogP contribution in [0.1, 0.15) is 24.8 Å². The van der Waals surface area contributed by atoms with Gasteiger partial charge in [0.05, 0.1) is 6.04 Å². The highest BCUT2D eigenvalue weighted by Gasteiger charge is 2.22. The summed E-state index contributed by atoms with van der Waals surface area (Å²) in [6.07, 6.45) is 4.09. The number of fused-ring (bicyclic) bond motifs is 1. The van der Waals surface area contributed by atoms with Crippen molar-refractivity contribution in [3.8, 4) is 0 Å². The predicted octanol–water partition coefficient (Wildman–Crippen LogP) is 3.11. The largest absolute Gasteiger partial charge is 0.423 e. The summed E-state index contributed by atoms with van der Waals surface area (Å²) in [6, 6.07) is 7.16. The second-order valence-corrected chi connectivity index (χ2v) is 6.32. The maximum absolute atomic E-state index is 11.7. The van der Waals surface area contributed by atoms with E-state index >= 15 is 0 Å². The monoisotopic (exact) mass is 349 g/mol. The number of nitrogens with zero attached hydrogens (tertiary/aromatic N) is 1. The molecule has 1 aromatic heterocycles. The minimum atomic E-state index is -0.352. The maximum Gasteiger partial charge on any atom is 0.336 e. The molecule has 0 amide bonds. The zero-order valence-corrected chi connectivity index (χ0v) is 13.1. The first-order chi connectivity index (χ1) is 10.2. The standard InChI is InChI=1S/C16H16BrNO3/c17-12-4-5-14-11(7-16(20)21-15(14)8-12)9-18-6-2-1-3-13(18)10-19/h4-5,7-8,10,13H,1-3,6,9H2. The Morgan fingerprint density at radius 3 is 3.00 bits per heavy atom.